The van der Waals surface area contributed by atoms with Crippen LogP contribution in [0, 0.1) is 0 Å². The van der Waals surface area contributed by atoms with E-state index in [1.54, 1.807) is 0 Å². The number of thioether (sulfide) groups is 1. The van der Waals surface area contributed by atoms with Gasteiger partial charge in [-0.25, -0.2) is 0 Å². The third-order valence-electron chi connectivity index (χ3n) is 3.04. The van der Waals surface area contributed by atoms with E-state index in [4.69, 9.17) is 4.74 Å². The molecule has 0 atom stereocenters. The molecule has 0 aliphatic rings. The van der Waals surface area contributed by atoms with E-state index in [9.17, 15) is 0 Å². The second kappa shape index (κ2) is 7.41. The molecule has 0 heterocycles. The molecule has 0 aromatic heterocycles. The van der Waals surface area contributed by atoms with Crippen molar-refractivity contribution in [3.8, 4) is 5.75 Å². The summed E-state index contributed by atoms with van der Waals surface area (Å²) in [5, 5.41) is 5.78. The van der Waals surface area contributed by atoms with Crippen LogP contribution in [0.5, 0.6) is 5.75 Å². The van der Waals surface area contributed by atoms with Crippen molar-refractivity contribution < 1.29 is 4.74 Å². The Kier molecular flexibility index (Phi) is 5.55. The summed E-state index contributed by atoms with van der Waals surface area (Å²) in [6, 6.07) is 12.7. The van der Waals surface area contributed by atoms with E-state index in [0.29, 0.717) is 0 Å². The number of ether oxygens (including phenoxy) is 1. The van der Waals surface area contributed by atoms with E-state index >= 15 is 0 Å². The molecule has 102 valence electrons. The van der Waals surface area contributed by atoms with Gasteiger partial charge in [-0.3, -0.25) is 0 Å². The van der Waals surface area contributed by atoms with E-state index in [1.807, 2.05) is 18.8 Å². The molecule has 2 nitrogen and oxygen atoms in total. The number of fused-ring (bicyclic) bond motifs is 1. The van der Waals surface area contributed by atoms with Crippen molar-refractivity contribution in [3.05, 3.63) is 42.0 Å². The highest BCUT2D eigenvalue weighted by Gasteiger charge is 2.07. The van der Waals surface area contributed by atoms with Crippen molar-refractivity contribution in [1.29, 1.82) is 0 Å². The quantitative estimate of drug-likeness (QED) is 0.779. The molecule has 0 fully saturated rings. The number of hydrogen-bond donors (Lipinski definition) is 1. The van der Waals surface area contributed by atoms with Gasteiger partial charge in [0, 0.05) is 17.9 Å². The van der Waals surface area contributed by atoms with Crippen LogP contribution in [0.3, 0.4) is 0 Å². The maximum absolute atomic E-state index is 5.94. The van der Waals surface area contributed by atoms with Crippen LogP contribution in [0.15, 0.2) is 36.4 Å². The molecular weight excluding hydrogens is 254 g/mol. The molecule has 19 heavy (non-hydrogen) atoms. The fourth-order valence-corrected chi connectivity index (χ4v) is 2.66. The highest BCUT2D eigenvalue weighted by molar-refractivity contribution is 7.99. The second-order valence-electron chi connectivity index (χ2n) is 4.34. The highest BCUT2D eigenvalue weighted by atomic mass is 32.2. The molecule has 2 rings (SSSR count). The van der Waals surface area contributed by atoms with Crippen LogP contribution in [0.4, 0.5) is 0 Å². The van der Waals surface area contributed by atoms with Gasteiger partial charge in [-0.05, 0) is 29.6 Å². The lowest BCUT2D eigenvalue weighted by molar-refractivity contribution is 0.340. The highest BCUT2D eigenvalue weighted by Crippen LogP contribution is 2.28. The summed E-state index contributed by atoms with van der Waals surface area (Å²) in [4.78, 5) is 0. The van der Waals surface area contributed by atoms with Gasteiger partial charge < -0.3 is 10.1 Å². The van der Waals surface area contributed by atoms with Gasteiger partial charge in [0.25, 0.3) is 0 Å². The fraction of sp³-hybridized carbons (Fsp3) is 0.375. The molecule has 2 aromatic rings. The minimum absolute atomic E-state index is 0.771. The third-order valence-corrected chi connectivity index (χ3v) is 3.90. The van der Waals surface area contributed by atoms with Gasteiger partial charge in [-0.1, -0.05) is 37.3 Å². The van der Waals surface area contributed by atoms with Gasteiger partial charge in [0.1, 0.15) is 5.75 Å². The molecule has 0 radical (unpaired) electrons. The first kappa shape index (κ1) is 14.2. The number of benzene rings is 2. The van der Waals surface area contributed by atoms with Gasteiger partial charge in [0.2, 0.25) is 0 Å². The molecule has 3 heteroatoms. The van der Waals surface area contributed by atoms with Crippen LogP contribution >= 0.6 is 11.8 Å². The average molecular weight is 275 g/mol. The number of hydrogen-bond acceptors (Lipinski definition) is 3. The van der Waals surface area contributed by atoms with Crippen LogP contribution in [0.1, 0.15) is 12.5 Å². The zero-order valence-corrected chi connectivity index (χ0v) is 12.4. The van der Waals surface area contributed by atoms with Crippen molar-refractivity contribution in [2.45, 2.75) is 13.5 Å². The summed E-state index contributed by atoms with van der Waals surface area (Å²) in [7, 11) is 1.97. The van der Waals surface area contributed by atoms with Crippen molar-refractivity contribution >= 4 is 22.5 Å². The largest absolute Gasteiger partial charge is 0.492 e. The SMILES string of the molecule is CCSCCOc1ccc2ccccc2c1CNC. The Labute approximate surface area is 119 Å². The van der Waals surface area contributed by atoms with Crippen LogP contribution in [0.25, 0.3) is 10.8 Å². The second-order valence-corrected chi connectivity index (χ2v) is 5.73. The van der Waals surface area contributed by atoms with Crippen molar-refractivity contribution in [2.24, 2.45) is 0 Å². The molecule has 0 aliphatic carbocycles. The standard InChI is InChI=1S/C16H21NOS/c1-3-19-11-10-18-16-9-8-13-6-4-5-7-14(13)15(16)12-17-2/h4-9,17H,3,10-12H2,1-2H3. The number of rotatable bonds is 7. The predicted octanol–water partition coefficient (Wildman–Crippen LogP) is 3.69. The third kappa shape index (κ3) is 3.64. The van der Waals surface area contributed by atoms with E-state index in [0.717, 1.165) is 30.4 Å². The normalized spacial score (nSPS) is 10.8. The smallest absolute Gasteiger partial charge is 0.124 e. The molecular formula is C16H21NOS. The Morgan fingerprint density at radius 2 is 2.00 bits per heavy atom. The Morgan fingerprint density at radius 3 is 2.79 bits per heavy atom. The number of nitrogens with one attached hydrogen (secondary N) is 1. The summed E-state index contributed by atoms with van der Waals surface area (Å²) in [5.74, 6) is 3.19. The topological polar surface area (TPSA) is 21.3 Å². The van der Waals surface area contributed by atoms with E-state index in [2.05, 4.69) is 48.6 Å². The van der Waals surface area contributed by atoms with Gasteiger partial charge in [0.05, 0.1) is 6.61 Å². The Hall–Kier alpha value is -1.19. The summed E-state index contributed by atoms with van der Waals surface area (Å²) < 4.78 is 5.94. The maximum Gasteiger partial charge on any atom is 0.124 e. The van der Waals surface area contributed by atoms with E-state index in [-0.39, 0.29) is 0 Å². The fourth-order valence-electron chi connectivity index (χ4n) is 2.17. The molecule has 0 unspecified atom stereocenters. The molecule has 0 spiro atoms. The van der Waals surface area contributed by atoms with Crippen molar-refractivity contribution in [3.63, 3.8) is 0 Å². The van der Waals surface area contributed by atoms with Gasteiger partial charge in [0.15, 0.2) is 0 Å². The first-order valence-electron chi connectivity index (χ1n) is 6.72. The van der Waals surface area contributed by atoms with E-state index < -0.39 is 0 Å². The molecule has 1 N–H and O–H groups in total. The summed E-state index contributed by atoms with van der Waals surface area (Å²) in [6.45, 7) is 3.78. The molecule has 0 saturated carbocycles. The minimum Gasteiger partial charge on any atom is -0.492 e. The minimum atomic E-state index is 0.771. The van der Waals surface area contributed by atoms with Crippen LogP contribution in [-0.2, 0) is 6.54 Å². The Bertz CT molecular complexity index is 527. The molecule has 0 saturated heterocycles. The predicted molar refractivity (Wildman–Crippen MR) is 85.2 cm³/mol. The Morgan fingerprint density at radius 1 is 1.16 bits per heavy atom. The first-order valence-corrected chi connectivity index (χ1v) is 7.88. The maximum atomic E-state index is 5.94. The Balaban J connectivity index is 2.24. The van der Waals surface area contributed by atoms with Crippen LogP contribution in [-0.4, -0.2) is 25.2 Å². The summed E-state index contributed by atoms with van der Waals surface area (Å²) >= 11 is 1.91. The van der Waals surface area contributed by atoms with Gasteiger partial charge >= 0.3 is 0 Å². The molecule has 2 aromatic carbocycles. The molecule has 0 amide bonds. The lowest BCUT2D eigenvalue weighted by Gasteiger charge is -2.14. The average Bonchev–Trinajstić information content (AvgIpc) is 2.45. The van der Waals surface area contributed by atoms with Crippen molar-refractivity contribution in [2.75, 3.05) is 25.2 Å². The van der Waals surface area contributed by atoms with Crippen LogP contribution < -0.4 is 10.1 Å². The van der Waals surface area contributed by atoms with Crippen molar-refractivity contribution in [1.82, 2.24) is 5.32 Å². The lowest BCUT2D eigenvalue weighted by atomic mass is 10.0. The molecule has 0 aliphatic heterocycles. The summed E-state index contributed by atoms with van der Waals surface area (Å²) in [6.07, 6.45) is 0. The zero-order valence-electron chi connectivity index (χ0n) is 11.6. The monoisotopic (exact) mass is 275 g/mol. The summed E-state index contributed by atoms with van der Waals surface area (Å²) in [5.41, 5.74) is 1.25. The van der Waals surface area contributed by atoms with Gasteiger partial charge in [-0.2, -0.15) is 11.8 Å². The van der Waals surface area contributed by atoms with E-state index in [1.165, 1.54) is 16.3 Å². The molecule has 0 bridgehead atoms. The first-order chi connectivity index (χ1) is 9.36. The zero-order chi connectivity index (χ0) is 13.5. The van der Waals surface area contributed by atoms with Crippen LogP contribution in [0.2, 0.25) is 0 Å². The lowest BCUT2D eigenvalue weighted by Crippen LogP contribution is -2.09. The van der Waals surface area contributed by atoms with Gasteiger partial charge in [-0.15, -0.1) is 0 Å².